The SMILES string of the molecule is CCC(C)(C)NC(=O)CN(C)CC(C)O. The third kappa shape index (κ3) is 7.33. The van der Waals surface area contributed by atoms with Gasteiger partial charge in [0.2, 0.25) is 5.91 Å². The first kappa shape index (κ1) is 14.4. The van der Waals surface area contributed by atoms with Gasteiger partial charge in [-0.05, 0) is 34.2 Å². The molecule has 0 aliphatic heterocycles. The lowest BCUT2D eigenvalue weighted by Crippen LogP contribution is -2.47. The molecule has 0 spiro atoms. The van der Waals surface area contributed by atoms with Gasteiger partial charge < -0.3 is 10.4 Å². The first-order valence-electron chi connectivity index (χ1n) is 5.44. The highest BCUT2D eigenvalue weighted by Gasteiger charge is 2.18. The number of rotatable bonds is 6. The van der Waals surface area contributed by atoms with Crippen LogP contribution in [0.3, 0.4) is 0 Å². The van der Waals surface area contributed by atoms with Gasteiger partial charge in [0.05, 0.1) is 12.6 Å². The van der Waals surface area contributed by atoms with Gasteiger partial charge in [-0.1, -0.05) is 6.92 Å². The summed E-state index contributed by atoms with van der Waals surface area (Å²) in [4.78, 5) is 13.4. The van der Waals surface area contributed by atoms with Gasteiger partial charge in [-0.2, -0.15) is 0 Å². The van der Waals surface area contributed by atoms with Crippen molar-refractivity contribution in [1.82, 2.24) is 10.2 Å². The zero-order chi connectivity index (χ0) is 12.1. The van der Waals surface area contributed by atoms with E-state index >= 15 is 0 Å². The molecule has 4 heteroatoms. The van der Waals surface area contributed by atoms with E-state index in [1.807, 2.05) is 32.7 Å². The second-order valence-corrected chi connectivity index (χ2v) is 4.83. The van der Waals surface area contributed by atoms with E-state index in [0.29, 0.717) is 13.1 Å². The second-order valence-electron chi connectivity index (χ2n) is 4.83. The molecule has 0 rings (SSSR count). The summed E-state index contributed by atoms with van der Waals surface area (Å²) in [6.07, 6.45) is 0.501. The summed E-state index contributed by atoms with van der Waals surface area (Å²) in [6, 6.07) is 0. The lowest BCUT2D eigenvalue weighted by Gasteiger charge is -2.26. The van der Waals surface area contributed by atoms with E-state index in [1.54, 1.807) is 6.92 Å². The van der Waals surface area contributed by atoms with E-state index in [0.717, 1.165) is 6.42 Å². The zero-order valence-corrected chi connectivity index (χ0v) is 10.5. The molecule has 1 amide bonds. The Balaban J connectivity index is 3.93. The van der Waals surface area contributed by atoms with Crippen LogP contribution in [0.25, 0.3) is 0 Å². The molecule has 0 aromatic rings. The molecule has 0 aromatic heterocycles. The van der Waals surface area contributed by atoms with Crippen molar-refractivity contribution >= 4 is 5.91 Å². The van der Waals surface area contributed by atoms with Crippen LogP contribution in [-0.4, -0.2) is 47.7 Å². The molecule has 0 aliphatic rings. The van der Waals surface area contributed by atoms with Crippen LogP contribution in [0.5, 0.6) is 0 Å². The highest BCUT2D eigenvalue weighted by atomic mass is 16.3. The van der Waals surface area contributed by atoms with Crippen LogP contribution in [0.2, 0.25) is 0 Å². The molecule has 90 valence electrons. The van der Waals surface area contributed by atoms with E-state index in [2.05, 4.69) is 5.32 Å². The lowest BCUT2D eigenvalue weighted by molar-refractivity contribution is -0.123. The lowest BCUT2D eigenvalue weighted by atomic mass is 10.0. The van der Waals surface area contributed by atoms with Crippen LogP contribution in [-0.2, 0) is 4.79 Å². The Hall–Kier alpha value is -0.610. The molecule has 0 heterocycles. The number of hydrogen-bond acceptors (Lipinski definition) is 3. The molecule has 0 fully saturated rings. The van der Waals surface area contributed by atoms with Crippen LogP contribution in [0.1, 0.15) is 34.1 Å². The minimum atomic E-state index is -0.401. The van der Waals surface area contributed by atoms with E-state index in [1.165, 1.54) is 0 Å². The van der Waals surface area contributed by atoms with E-state index in [9.17, 15) is 4.79 Å². The molecule has 0 aliphatic carbocycles. The first-order valence-corrected chi connectivity index (χ1v) is 5.44. The van der Waals surface area contributed by atoms with E-state index < -0.39 is 6.10 Å². The maximum absolute atomic E-state index is 11.6. The fourth-order valence-corrected chi connectivity index (χ4v) is 1.27. The predicted molar refractivity (Wildman–Crippen MR) is 61.7 cm³/mol. The largest absolute Gasteiger partial charge is 0.392 e. The molecular weight excluding hydrogens is 192 g/mol. The van der Waals surface area contributed by atoms with Gasteiger partial charge in [0, 0.05) is 12.1 Å². The van der Waals surface area contributed by atoms with Gasteiger partial charge in [-0.15, -0.1) is 0 Å². The number of amides is 1. The first-order chi connectivity index (χ1) is 6.76. The third-order valence-electron chi connectivity index (χ3n) is 2.35. The average Bonchev–Trinajstić information content (AvgIpc) is 2.00. The van der Waals surface area contributed by atoms with Gasteiger partial charge in [0.1, 0.15) is 0 Å². The molecular formula is C11H24N2O2. The number of aliphatic hydroxyl groups is 1. The van der Waals surface area contributed by atoms with Crippen molar-refractivity contribution < 1.29 is 9.90 Å². The molecule has 0 bridgehead atoms. The summed E-state index contributed by atoms with van der Waals surface area (Å²) in [7, 11) is 1.82. The number of nitrogens with zero attached hydrogens (tertiary/aromatic N) is 1. The van der Waals surface area contributed by atoms with Gasteiger partial charge in [0.25, 0.3) is 0 Å². The van der Waals surface area contributed by atoms with Gasteiger partial charge in [-0.25, -0.2) is 0 Å². The smallest absolute Gasteiger partial charge is 0.234 e. The van der Waals surface area contributed by atoms with Crippen LogP contribution >= 0.6 is 0 Å². The number of likely N-dealkylation sites (N-methyl/N-ethyl adjacent to an activating group) is 1. The Morgan fingerprint density at radius 1 is 1.53 bits per heavy atom. The number of carbonyl (C=O) groups excluding carboxylic acids is 1. The van der Waals surface area contributed by atoms with Gasteiger partial charge in [0.15, 0.2) is 0 Å². The quantitative estimate of drug-likeness (QED) is 0.684. The summed E-state index contributed by atoms with van der Waals surface area (Å²) in [6.45, 7) is 8.59. The number of nitrogens with one attached hydrogen (secondary N) is 1. The summed E-state index contributed by atoms with van der Waals surface area (Å²) in [5.74, 6) is 0.00463. The van der Waals surface area contributed by atoms with Crippen LogP contribution in [0.15, 0.2) is 0 Å². The Morgan fingerprint density at radius 2 is 2.07 bits per heavy atom. The monoisotopic (exact) mass is 216 g/mol. The molecule has 2 N–H and O–H groups in total. The maximum Gasteiger partial charge on any atom is 0.234 e. The minimum absolute atomic E-state index is 0.00463. The summed E-state index contributed by atoms with van der Waals surface area (Å²) < 4.78 is 0. The van der Waals surface area contributed by atoms with Gasteiger partial charge in [-0.3, -0.25) is 9.69 Å². The highest BCUT2D eigenvalue weighted by molar-refractivity contribution is 5.78. The summed E-state index contributed by atoms with van der Waals surface area (Å²) in [5, 5.41) is 12.1. The molecule has 0 aromatic carbocycles. The molecule has 1 atom stereocenters. The van der Waals surface area contributed by atoms with Crippen LogP contribution < -0.4 is 5.32 Å². The van der Waals surface area contributed by atoms with Crippen molar-refractivity contribution in [2.24, 2.45) is 0 Å². The average molecular weight is 216 g/mol. The number of carbonyl (C=O) groups is 1. The Bertz CT molecular complexity index is 203. The normalized spacial score (nSPS) is 14.1. The molecule has 1 unspecified atom stereocenters. The minimum Gasteiger partial charge on any atom is -0.392 e. The predicted octanol–water partition coefficient (Wildman–Crippen LogP) is 0.604. The molecule has 15 heavy (non-hydrogen) atoms. The summed E-state index contributed by atoms with van der Waals surface area (Å²) >= 11 is 0. The van der Waals surface area contributed by atoms with Gasteiger partial charge >= 0.3 is 0 Å². The Labute approximate surface area is 92.7 Å². The fraction of sp³-hybridized carbons (Fsp3) is 0.909. The highest BCUT2D eigenvalue weighted by Crippen LogP contribution is 2.06. The van der Waals surface area contributed by atoms with Crippen molar-refractivity contribution in [2.45, 2.75) is 45.8 Å². The van der Waals surface area contributed by atoms with Crippen molar-refractivity contribution in [1.29, 1.82) is 0 Å². The van der Waals surface area contributed by atoms with Crippen LogP contribution in [0, 0.1) is 0 Å². The van der Waals surface area contributed by atoms with Crippen molar-refractivity contribution in [3.8, 4) is 0 Å². The molecule has 4 nitrogen and oxygen atoms in total. The van der Waals surface area contributed by atoms with Crippen LogP contribution in [0.4, 0.5) is 0 Å². The zero-order valence-electron chi connectivity index (χ0n) is 10.5. The maximum atomic E-state index is 11.6. The summed E-state index contributed by atoms with van der Waals surface area (Å²) in [5.41, 5.74) is -0.150. The molecule has 0 saturated heterocycles. The van der Waals surface area contributed by atoms with E-state index in [-0.39, 0.29) is 11.4 Å². The van der Waals surface area contributed by atoms with Crippen molar-refractivity contribution in [3.05, 3.63) is 0 Å². The number of aliphatic hydroxyl groups excluding tert-OH is 1. The topological polar surface area (TPSA) is 52.6 Å². The van der Waals surface area contributed by atoms with Crippen molar-refractivity contribution in [3.63, 3.8) is 0 Å². The standard InChI is InChI=1S/C11H24N2O2/c1-6-11(3,4)12-10(15)8-13(5)7-9(2)14/h9,14H,6-8H2,1-5H3,(H,12,15). The second kappa shape index (κ2) is 6.08. The molecule has 0 saturated carbocycles. The number of hydrogen-bond donors (Lipinski definition) is 2. The van der Waals surface area contributed by atoms with E-state index in [4.69, 9.17) is 5.11 Å². The van der Waals surface area contributed by atoms with Crippen molar-refractivity contribution in [2.75, 3.05) is 20.1 Å². The Morgan fingerprint density at radius 3 is 2.47 bits per heavy atom. The molecule has 0 radical (unpaired) electrons. The third-order valence-corrected chi connectivity index (χ3v) is 2.35. The Kier molecular flexibility index (Phi) is 5.83. The fourth-order valence-electron chi connectivity index (χ4n) is 1.27.